The van der Waals surface area contributed by atoms with Gasteiger partial charge in [0.1, 0.15) is 11.4 Å². The number of nitrogens with zero attached hydrogens (tertiary/aromatic N) is 1. The normalized spacial score (nSPS) is 13.5. The minimum atomic E-state index is -1.03. The van der Waals surface area contributed by atoms with Crippen molar-refractivity contribution in [2.75, 3.05) is 19.7 Å². The first-order chi connectivity index (χ1) is 13.4. The van der Waals surface area contributed by atoms with E-state index in [-0.39, 0.29) is 6.61 Å². The van der Waals surface area contributed by atoms with E-state index in [9.17, 15) is 9.90 Å². The van der Waals surface area contributed by atoms with Crippen molar-refractivity contribution in [3.8, 4) is 5.75 Å². The second-order valence-corrected chi connectivity index (χ2v) is 6.59. The highest BCUT2D eigenvalue weighted by molar-refractivity contribution is 5.79. The molecule has 7 nitrogen and oxygen atoms in total. The molecule has 2 aromatic carbocycles. The molecule has 1 unspecified atom stereocenters. The summed E-state index contributed by atoms with van der Waals surface area (Å²) in [6.07, 6.45) is 0. The van der Waals surface area contributed by atoms with Crippen LogP contribution in [0.25, 0.3) is 0 Å². The van der Waals surface area contributed by atoms with Crippen LogP contribution in [0.2, 0.25) is 0 Å². The molecular formula is C21H28N4O3. The van der Waals surface area contributed by atoms with Crippen LogP contribution in [0.4, 0.5) is 0 Å². The van der Waals surface area contributed by atoms with E-state index in [2.05, 4.69) is 15.6 Å². The second-order valence-electron chi connectivity index (χ2n) is 6.59. The van der Waals surface area contributed by atoms with Gasteiger partial charge in [0.05, 0.1) is 13.1 Å². The number of primary amides is 1. The van der Waals surface area contributed by atoms with Crippen LogP contribution < -0.4 is 21.1 Å². The monoisotopic (exact) mass is 384 g/mol. The quantitative estimate of drug-likeness (QED) is 0.387. The number of nitrogens with two attached hydrogens (primary N) is 1. The van der Waals surface area contributed by atoms with Crippen molar-refractivity contribution >= 4 is 11.9 Å². The van der Waals surface area contributed by atoms with Crippen molar-refractivity contribution in [3.05, 3.63) is 65.7 Å². The number of carbonyl (C=O) groups is 1. The van der Waals surface area contributed by atoms with Gasteiger partial charge in [-0.05, 0) is 37.1 Å². The van der Waals surface area contributed by atoms with Gasteiger partial charge in [-0.25, -0.2) is 4.99 Å². The molecule has 0 radical (unpaired) electrons. The van der Waals surface area contributed by atoms with Crippen LogP contribution in [0.5, 0.6) is 5.75 Å². The molecular weight excluding hydrogens is 356 g/mol. The maximum Gasteiger partial charge on any atom is 0.255 e. The first kappa shape index (κ1) is 21.2. The highest BCUT2D eigenvalue weighted by atomic mass is 16.5. The fourth-order valence-electron chi connectivity index (χ4n) is 2.56. The fourth-order valence-corrected chi connectivity index (χ4v) is 2.56. The summed E-state index contributed by atoms with van der Waals surface area (Å²) < 4.78 is 5.32. The standard InChI is InChI=1S/C21H28N4O3/c1-3-23-20(25-15-21(2,27)17-9-5-4-6-10-17)24-13-16-8-7-11-18(12-16)28-14-19(22)26/h4-12,27H,3,13-15H2,1-2H3,(H2,22,26)(H2,23,24,25). The molecule has 2 rings (SSSR count). The van der Waals surface area contributed by atoms with Gasteiger partial charge in [-0.3, -0.25) is 4.79 Å². The first-order valence-electron chi connectivity index (χ1n) is 9.21. The lowest BCUT2D eigenvalue weighted by molar-refractivity contribution is -0.119. The average molecular weight is 384 g/mol. The number of carbonyl (C=O) groups excluding carboxylic acids is 1. The van der Waals surface area contributed by atoms with Gasteiger partial charge in [-0.15, -0.1) is 0 Å². The average Bonchev–Trinajstić information content (AvgIpc) is 2.69. The number of rotatable bonds is 9. The summed E-state index contributed by atoms with van der Waals surface area (Å²) in [6.45, 7) is 5.00. The van der Waals surface area contributed by atoms with Crippen molar-refractivity contribution in [3.63, 3.8) is 0 Å². The Kier molecular flexibility index (Phi) is 7.83. The molecule has 0 spiro atoms. The summed E-state index contributed by atoms with van der Waals surface area (Å²) >= 11 is 0. The fraction of sp³-hybridized carbons (Fsp3) is 0.333. The van der Waals surface area contributed by atoms with Crippen LogP contribution >= 0.6 is 0 Å². The molecule has 0 aliphatic rings. The third-order valence-corrected chi connectivity index (χ3v) is 4.04. The second kappa shape index (κ2) is 10.3. The Morgan fingerprint density at radius 3 is 2.61 bits per heavy atom. The van der Waals surface area contributed by atoms with Gasteiger partial charge in [-0.2, -0.15) is 0 Å². The van der Waals surface area contributed by atoms with E-state index in [4.69, 9.17) is 10.5 Å². The van der Waals surface area contributed by atoms with Crippen molar-refractivity contribution in [1.29, 1.82) is 0 Å². The van der Waals surface area contributed by atoms with Crippen LogP contribution in [-0.4, -0.2) is 36.7 Å². The third-order valence-electron chi connectivity index (χ3n) is 4.04. The smallest absolute Gasteiger partial charge is 0.255 e. The number of aliphatic hydroxyl groups is 1. The molecule has 0 bridgehead atoms. The molecule has 28 heavy (non-hydrogen) atoms. The summed E-state index contributed by atoms with van der Waals surface area (Å²) in [7, 11) is 0. The molecule has 7 heteroatoms. The number of ether oxygens (including phenoxy) is 1. The van der Waals surface area contributed by atoms with E-state index in [1.807, 2.05) is 55.5 Å². The maximum atomic E-state index is 10.8. The molecule has 0 heterocycles. The van der Waals surface area contributed by atoms with E-state index in [1.165, 1.54) is 0 Å². The largest absolute Gasteiger partial charge is 0.484 e. The number of benzene rings is 2. The number of aliphatic imine (C=N–C) groups is 1. The zero-order chi connectivity index (χ0) is 20.4. The zero-order valence-electron chi connectivity index (χ0n) is 16.3. The van der Waals surface area contributed by atoms with Crippen LogP contribution in [0.3, 0.4) is 0 Å². The lowest BCUT2D eigenvalue weighted by atomic mass is 9.96. The minimum Gasteiger partial charge on any atom is -0.484 e. The highest BCUT2D eigenvalue weighted by Crippen LogP contribution is 2.19. The predicted molar refractivity (Wildman–Crippen MR) is 110 cm³/mol. The topological polar surface area (TPSA) is 109 Å². The Hall–Kier alpha value is -3.06. The number of amides is 1. The van der Waals surface area contributed by atoms with Gasteiger partial charge in [0, 0.05) is 6.54 Å². The summed E-state index contributed by atoms with van der Waals surface area (Å²) in [5.41, 5.74) is 5.83. The van der Waals surface area contributed by atoms with Crippen LogP contribution in [0.15, 0.2) is 59.6 Å². The molecule has 0 aliphatic carbocycles. The van der Waals surface area contributed by atoms with Crippen molar-refractivity contribution < 1.29 is 14.6 Å². The Balaban J connectivity index is 2.00. The predicted octanol–water partition coefficient (Wildman–Crippen LogP) is 1.51. The van der Waals surface area contributed by atoms with Gasteiger partial charge in [0.15, 0.2) is 12.6 Å². The van der Waals surface area contributed by atoms with Gasteiger partial charge < -0.3 is 26.2 Å². The number of hydrogen-bond donors (Lipinski definition) is 4. The van der Waals surface area contributed by atoms with Crippen molar-refractivity contribution in [1.82, 2.24) is 10.6 Å². The first-order valence-corrected chi connectivity index (χ1v) is 9.21. The van der Waals surface area contributed by atoms with Crippen molar-refractivity contribution in [2.45, 2.75) is 26.0 Å². The zero-order valence-corrected chi connectivity index (χ0v) is 16.3. The van der Waals surface area contributed by atoms with Gasteiger partial charge in [0.2, 0.25) is 0 Å². The highest BCUT2D eigenvalue weighted by Gasteiger charge is 2.22. The van der Waals surface area contributed by atoms with Crippen LogP contribution in [0.1, 0.15) is 25.0 Å². The minimum absolute atomic E-state index is 0.161. The van der Waals surface area contributed by atoms with Crippen LogP contribution in [-0.2, 0) is 16.9 Å². The third kappa shape index (κ3) is 6.92. The summed E-state index contributed by atoms with van der Waals surface area (Å²) in [6, 6.07) is 16.8. The van der Waals surface area contributed by atoms with Gasteiger partial charge >= 0.3 is 0 Å². The number of guanidine groups is 1. The Labute approximate surface area is 165 Å². The molecule has 1 atom stereocenters. The van der Waals surface area contributed by atoms with Crippen LogP contribution in [0, 0.1) is 0 Å². The summed E-state index contributed by atoms with van der Waals surface area (Å²) in [5.74, 6) is 0.645. The molecule has 0 saturated heterocycles. The summed E-state index contributed by atoms with van der Waals surface area (Å²) in [4.78, 5) is 15.4. The lowest BCUT2D eigenvalue weighted by Crippen LogP contribution is -2.44. The molecule has 5 N–H and O–H groups in total. The Morgan fingerprint density at radius 2 is 1.93 bits per heavy atom. The van der Waals surface area contributed by atoms with Crippen molar-refractivity contribution in [2.24, 2.45) is 10.7 Å². The Bertz CT molecular complexity index is 791. The molecule has 0 fully saturated rings. The molecule has 0 saturated carbocycles. The summed E-state index contributed by atoms with van der Waals surface area (Å²) in [5, 5.41) is 17.1. The van der Waals surface area contributed by atoms with E-state index in [1.54, 1.807) is 13.0 Å². The molecule has 0 aromatic heterocycles. The number of nitrogens with one attached hydrogen (secondary N) is 2. The van der Waals surface area contributed by atoms with Gasteiger partial charge in [0.25, 0.3) is 5.91 Å². The van der Waals surface area contributed by atoms with Gasteiger partial charge in [-0.1, -0.05) is 42.5 Å². The van der Waals surface area contributed by atoms with E-state index in [0.29, 0.717) is 31.3 Å². The van der Waals surface area contributed by atoms with E-state index in [0.717, 1.165) is 11.1 Å². The molecule has 2 aromatic rings. The molecule has 0 aliphatic heterocycles. The SMILES string of the molecule is CCNC(=NCc1cccc(OCC(N)=O)c1)NCC(C)(O)c1ccccc1. The molecule has 1 amide bonds. The molecule has 150 valence electrons. The Morgan fingerprint density at radius 1 is 1.18 bits per heavy atom. The lowest BCUT2D eigenvalue weighted by Gasteiger charge is -2.25. The maximum absolute atomic E-state index is 10.8. The number of hydrogen-bond acceptors (Lipinski definition) is 4. The van der Waals surface area contributed by atoms with E-state index < -0.39 is 11.5 Å². The van der Waals surface area contributed by atoms with E-state index >= 15 is 0 Å².